The van der Waals surface area contributed by atoms with E-state index in [0.717, 1.165) is 19.0 Å². The Morgan fingerprint density at radius 2 is 1.29 bits per heavy atom. The summed E-state index contributed by atoms with van der Waals surface area (Å²) >= 11 is 0. The normalized spacial score (nSPS) is 16.3. The van der Waals surface area contributed by atoms with Gasteiger partial charge in [-0.1, -0.05) is 6.92 Å². The Hall–Kier alpha value is -1.56. The molecule has 12 heteroatoms. The zero-order chi connectivity index (χ0) is 19.6. The van der Waals surface area contributed by atoms with Gasteiger partial charge in [0.25, 0.3) is 0 Å². The van der Waals surface area contributed by atoms with Gasteiger partial charge in [-0.25, -0.2) is 9.59 Å². The molecule has 1 aliphatic heterocycles. The van der Waals surface area contributed by atoms with Crippen LogP contribution in [0.4, 0.5) is 26.3 Å². The van der Waals surface area contributed by atoms with E-state index in [4.69, 9.17) is 25.5 Å². The number of alkyl halides is 6. The van der Waals surface area contributed by atoms with Crippen molar-refractivity contribution in [2.24, 2.45) is 11.7 Å². The van der Waals surface area contributed by atoms with Gasteiger partial charge in [-0.3, -0.25) is 0 Å². The molecular formula is C12H20F6N2O4. The van der Waals surface area contributed by atoms with Crippen molar-refractivity contribution >= 4 is 11.9 Å². The van der Waals surface area contributed by atoms with Crippen LogP contribution in [0, 0.1) is 5.92 Å². The molecule has 0 aromatic heterocycles. The molecule has 144 valence electrons. The maximum absolute atomic E-state index is 10.6. The summed E-state index contributed by atoms with van der Waals surface area (Å²) in [5.74, 6) is -4.57. The van der Waals surface area contributed by atoms with Crippen LogP contribution in [0.3, 0.4) is 0 Å². The van der Waals surface area contributed by atoms with E-state index in [1.165, 1.54) is 25.9 Å². The van der Waals surface area contributed by atoms with Crippen LogP contribution in [-0.4, -0.2) is 65.6 Å². The van der Waals surface area contributed by atoms with Crippen LogP contribution in [0.15, 0.2) is 0 Å². The number of rotatable bonds is 2. The third-order valence-electron chi connectivity index (χ3n) is 2.81. The number of nitrogens with two attached hydrogens (primary N) is 1. The van der Waals surface area contributed by atoms with E-state index in [1.54, 1.807) is 0 Å². The highest BCUT2D eigenvalue weighted by Crippen LogP contribution is 2.15. The van der Waals surface area contributed by atoms with Crippen LogP contribution in [-0.2, 0) is 9.59 Å². The van der Waals surface area contributed by atoms with E-state index >= 15 is 0 Å². The van der Waals surface area contributed by atoms with Gasteiger partial charge >= 0.3 is 24.3 Å². The maximum atomic E-state index is 10.6. The first-order chi connectivity index (χ1) is 10.7. The fourth-order valence-electron chi connectivity index (χ4n) is 1.47. The molecule has 24 heavy (non-hydrogen) atoms. The molecule has 0 atom stereocenters. The molecule has 4 N–H and O–H groups in total. The highest BCUT2D eigenvalue weighted by atomic mass is 19.4. The molecule has 1 rings (SSSR count). The van der Waals surface area contributed by atoms with Crippen LogP contribution in [0.1, 0.15) is 19.8 Å². The second-order valence-corrected chi connectivity index (χ2v) is 4.92. The third-order valence-corrected chi connectivity index (χ3v) is 2.81. The van der Waals surface area contributed by atoms with Crippen molar-refractivity contribution in [3.05, 3.63) is 0 Å². The summed E-state index contributed by atoms with van der Waals surface area (Å²) in [7, 11) is 0. The first kappa shape index (κ1) is 24.7. The first-order valence-corrected chi connectivity index (χ1v) is 6.74. The number of likely N-dealkylation sites (tertiary alicyclic amines) is 1. The Morgan fingerprint density at radius 3 is 1.50 bits per heavy atom. The molecule has 1 saturated heterocycles. The Balaban J connectivity index is 0. The predicted octanol–water partition coefficient (Wildman–Crippen LogP) is 1.94. The Morgan fingerprint density at radius 1 is 1.00 bits per heavy atom. The molecule has 0 bridgehead atoms. The molecule has 0 aliphatic carbocycles. The van der Waals surface area contributed by atoms with E-state index in [0.29, 0.717) is 0 Å². The van der Waals surface area contributed by atoms with Crippen molar-refractivity contribution in [2.75, 3.05) is 26.2 Å². The Bertz CT molecular complexity index is 355. The quantitative estimate of drug-likeness (QED) is 0.642. The van der Waals surface area contributed by atoms with Crippen molar-refractivity contribution < 1.29 is 46.1 Å². The second kappa shape index (κ2) is 11.1. The van der Waals surface area contributed by atoms with Crippen LogP contribution in [0.5, 0.6) is 0 Å². The molecule has 0 saturated carbocycles. The van der Waals surface area contributed by atoms with Gasteiger partial charge in [0.05, 0.1) is 0 Å². The Labute approximate surface area is 134 Å². The van der Waals surface area contributed by atoms with Crippen molar-refractivity contribution in [1.82, 2.24) is 4.90 Å². The first-order valence-electron chi connectivity index (χ1n) is 6.74. The lowest BCUT2D eigenvalue weighted by atomic mass is 9.99. The van der Waals surface area contributed by atoms with Gasteiger partial charge in [-0.15, -0.1) is 0 Å². The molecule has 1 heterocycles. The lowest BCUT2D eigenvalue weighted by Crippen LogP contribution is -2.36. The number of carboxylic acids is 2. The fraction of sp³-hybridized carbons (Fsp3) is 0.833. The number of aliphatic carboxylic acids is 2. The maximum Gasteiger partial charge on any atom is 0.490 e. The largest absolute Gasteiger partial charge is 0.490 e. The molecule has 0 spiro atoms. The van der Waals surface area contributed by atoms with Crippen LogP contribution in [0.25, 0.3) is 0 Å². The van der Waals surface area contributed by atoms with Gasteiger partial charge in [-0.05, 0) is 31.8 Å². The van der Waals surface area contributed by atoms with Gasteiger partial charge in [0, 0.05) is 13.1 Å². The predicted molar refractivity (Wildman–Crippen MR) is 71.3 cm³/mol. The minimum atomic E-state index is -5.08. The van der Waals surface area contributed by atoms with Gasteiger partial charge < -0.3 is 20.8 Å². The zero-order valence-corrected chi connectivity index (χ0v) is 12.8. The molecule has 0 aromatic rings. The summed E-state index contributed by atoms with van der Waals surface area (Å²) in [5.41, 5.74) is 5.45. The number of nitrogens with zero attached hydrogens (tertiary/aromatic N) is 1. The standard InChI is InChI=1S/C8H18N2.2C2HF3O2/c1-8-2-5-10(6-3-8)7-4-9;2*3-2(4,5)1(6)7/h8H,2-7,9H2,1H3;2*(H,6,7). The van der Waals surface area contributed by atoms with Crippen LogP contribution in [0.2, 0.25) is 0 Å². The molecule has 0 amide bonds. The Kier molecular flexibility index (Phi) is 11.4. The number of piperidine rings is 1. The van der Waals surface area contributed by atoms with Gasteiger partial charge in [0.15, 0.2) is 0 Å². The van der Waals surface area contributed by atoms with Gasteiger partial charge in [-0.2, -0.15) is 26.3 Å². The topological polar surface area (TPSA) is 104 Å². The molecule has 1 fully saturated rings. The van der Waals surface area contributed by atoms with E-state index < -0.39 is 24.3 Å². The highest BCUT2D eigenvalue weighted by Gasteiger charge is 2.38. The van der Waals surface area contributed by atoms with Crippen molar-refractivity contribution in [3.8, 4) is 0 Å². The monoisotopic (exact) mass is 370 g/mol. The lowest BCUT2D eigenvalue weighted by molar-refractivity contribution is -0.193. The second-order valence-electron chi connectivity index (χ2n) is 4.92. The lowest BCUT2D eigenvalue weighted by Gasteiger charge is -2.29. The fourth-order valence-corrected chi connectivity index (χ4v) is 1.47. The van der Waals surface area contributed by atoms with Crippen LogP contribution < -0.4 is 5.73 Å². The van der Waals surface area contributed by atoms with Crippen molar-refractivity contribution in [1.29, 1.82) is 0 Å². The van der Waals surface area contributed by atoms with E-state index in [9.17, 15) is 26.3 Å². The molecule has 1 aliphatic rings. The number of carbonyl (C=O) groups is 2. The van der Waals surface area contributed by atoms with Gasteiger partial charge in [0.2, 0.25) is 0 Å². The summed E-state index contributed by atoms with van der Waals surface area (Å²) in [6.45, 7) is 6.76. The summed E-state index contributed by atoms with van der Waals surface area (Å²) in [5, 5.41) is 14.2. The van der Waals surface area contributed by atoms with Crippen molar-refractivity contribution in [2.45, 2.75) is 32.1 Å². The number of hydrogen-bond acceptors (Lipinski definition) is 4. The number of halogens is 6. The average Bonchev–Trinajstić information content (AvgIpc) is 2.41. The van der Waals surface area contributed by atoms with E-state index in [1.807, 2.05) is 0 Å². The van der Waals surface area contributed by atoms with Crippen LogP contribution >= 0.6 is 0 Å². The van der Waals surface area contributed by atoms with E-state index in [-0.39, 0.29) is 0 Å². The molecule has 6 nitrogen and oxygen atoms in total. The van der Waals surface area contributed by atoms with Gasteiger partial charge in [0.1, 0.15) is 0 Å². The smallest absolute Gasteiger partial charge is 0.475 e. The minimum absolute atomic E-state index is 0.814. The van der Waals surface area contributed by atoms with E-state index in [2.05, 4.69) is 11.8 Å². The molecular weight excluding hydrogens is 350 g/mol. The molecule has 0 unspecified atom stereocenters. The minimum Gasteiger partial charge on any atom is -0.475 e. The average molecular weight is 370 g/mol. The summed E-state index contributed by atoms with van der Waals surface area (Å²) in [6, 6.07) is 0. The summed E-state index contributed by atoms with van der Waals surface area (Å²) in [4.78, 5) is 20.2. The summed E-state index contributed by atoms with van der Waals surface area (Å²) < 4.78 is 63.5. The molecule has 0 aromatic carbocycles. The molecule has 0 radical (unpaired) electrons. The number of hydrogen-bond donors (Lipinski definition) is 3. The van der Waals surface area contributed by atoms with Crippen molar-refractivity contribution in [3.63, 3.8) is 0 Å². The summed E-state index contributed by atoms with van der Waals surface area (Å²) in [6.07, 6.45) is -7.44. The third kappa shape index (κ3) is 14.1. The number of carboxylic acid groups (broad SMARTS) is 2. The zero-order valence-electron chi connectivity index (χ0n) is 12.8. The highest BCUT2D eigenvalue weighted by molar-refractivity contribution is 5.73. The SMILES string of the molecule is CC1CCN(CCN)CC1.O=C(O)C(F)(F)F.O=C(O)C(F)(F)F.